The van der Waals surface area contributed by atoms with Gasteiger partial charge in [0.1, 0.15) is 5.00 Å². The third-order valence-corrected chi connectivity index (χ3v) is 5.03. The zero-order valence-electron chi connectivity index (χ0n) is 12.7. The molecule has 6 heteroatoms. The summed E-state index contributed by atoms with van der Waals surface area (Å²) in [5.74, 6) is 0.300. The van der Waals surface area contributed by atoms with Crippen molar-refractivity contribution in [3.63, 3.8) is 0 Å². The van der Waals surface area contributed by atoms with Crippen LogP contribution in [-0.2, 0) is 11.2 Å². The molecule has 116 valence electrons. The third-order valence-electron chi connectivity index (χ3n) is 3.73. The first-order chi connectivity index (χ1) is 10.0. The summed E-state index contributed by atoms with van der Waals surface area (Å²) in [6, 6.07) is 0. The van der Waals surface area contributed by atoms with Gasteiger partial charge in [-0.2, -0.15) is 0 Å². The van der Waals surface area contributed by atoms with Crippen LogP contribution in [-0.4, -0.2) is 19.4 Å². The average Bonchev–Trinajstić information content (AvgIpc) is 2.85. The summed E-state index contributed by atoms with van der Waals surface area (Å²) >= 11 is 1.66. The minimum Gasteiger partial charge on any atom is -0.379 e. The second-order valence-corrected chi connectivity index (χ2v) is 5.77. The molecule has 2 amide bonds. The number of fused-ring (bicyclic) bond motifs is 1. The Kier molecular flexibility index (Phi) is 6.42. The first-order valence-corrected chi connectivity index (χ1v) is 7.82. The van der Waals surface area contributed by atoms with Gasteiger partial charge < -0.3 is 16.8 Å². The molecule has 1 unspecified atom stereocenters. The number of hydrogen-bond donors (Lipinski definition) is 3. The Morgan fingerprint density at radius 2 is 2.14 bits per heavy atom. The van der Waals surface area contributed by atoms with Gasteiger partial charge in [0.15, 0.2) is 0 Å². The number of carbonyl (C=O) groups excluding carboxylic acids is 2. The van der Waals surface area contributed by atoms with Crippen molar-refractivity contribution in [3.8, 4) is 0 Å². The zero-order valence-corrected chi connectivity index (χ0v) is 13.5. The largest absolute Gasteiger partial charge is 0.379 e. The number of nitrogens with one attached hydrogen (secondary N) is 1. The lowest BCUT2D eigenvalue weighted by Crippen LogP contribution is -2.17. The molecular weight excluding hydrogens is 286 g/mol. The predicted molar refractivity (Wildman–Crippen MR) is 88.4 cm³/mol. The number of primary amides is 2. The Morgan fingerprint density at radius 1 is 1.52 bits per heavy atom. The van der Waals surface area contributed by atoms with Crippen molar-refractivity contribution in [1.29, 1.82) is 0 Å². The number of carbonyl (C=O) groups is 2. The van der Waals surface area contributed by atoms with Crippen molar-refractivity contribution in [2.75, 3.05) is 12.4 Å². The van der Waals surface area contributed by atoms with Crippen LogP contribution in [0.25, 0.3) is 5.57 Å². The van der Waals surface area contributed by atoms with E-state index in [1.807, 2.05) is 7.05 Å². The quantitative estimate of drug-likeness (QED) is 0.747. The Morgan fingerprint density at radius 3 is 2.57 bits per heavy atom. The molecule has 5 nitrogen and oxygen atoms in total. The Labute approximate surface area is 129 Å². The molecular formula is C15H23N3O2S. The lowest BCUT2D eigenvalue weighted by molar-refractivity contribution is -0.106. The van der Waals surface area contributed by atoms with E-state index in [9.17, 15) is 4.79 Å². The van der Waals surface area contributed by atoms with Crippen molar-refractivity contribution in [3.05, 3.63) is 22.1 Å². The molecule has 0 bridgehead atoms. The van der Waals surface area contributed by atoms with Crippen LogP contribution >= 0.6 is 11.3 Å². The first-order valence-electron chi connectivity index (χ1n) is 7.00. The summed E-state index contributed by atoms with van der Waals surface area (Å²) < 4.78 is 0. The topological polar surface area (TPSA) is 98.2 Å². The predicted octanol–water partition coefficient (Wildman–Crippen LogP) is 2.37. The van der Waals surface area contributed by atoms with Crippen LogP contribution in [0.1, 0.15) is 47.5 Å². The van der Waals surface area contributed by atoms with Crippen molar-refractivity contribution in [1.82, 2.24) is 0 Å². The summed E-state index contributed by atoms with van der Waals surface area (Å²) in [5, 5.41) is 4.01. The second kappa shape index (κ2) is 7.83. The van der Waals surface area contributed by atoms with E-state index < -0.39 is 0 Å². The highest BCUT2D eigenvalue weighted by atomic mass is 32.1. The maximum atomic E-state index is 11.6. The van der Waals surface area contributed by atoms with Crippen LogP contribution in [0.2, 0.25) is 0 Å². The van der Waals surface area contributed by atoms with Crippen LogP contribution in [0.4, 0.5) is 5.00 Å². The van der Waals surface area contributed by atoms with Gasteiger partial charge >= 0.3 is 0 Å². The van der Waals surface area contributed by atoms with E-state index in [0.717, 1.165) is 29.8 Å². The van der Waals surface area contributed by atoms with Gasteiger partial charge in [-0.15, -0.1) is 11.3 Å². The molecule has 5 N–H and O–H groups in total. The molecule has 0 radical (unpaired) electrons. The molecule has 0 aliphatic heterocycles. The molecule has 1 aromatic heterocycles. The van der Waals surface area contributed by atoms with E-state index in [1.165, 1.54) is 10.5 Å². The normalized spacial score (nSPS) is 18.4. The molecule has 0 saturated heterocycles. The molecule has 1 heterocycles. The van der Waals surface area contributed by atoms with Gasteiger partial charge in [-0.25, -0.2) is 0 Å². The molecule has 1 aliphatic carbocycles. The van der Waals surface area contributed by atoms with E-state index in [1.54, 1.807) is 11.3 Å². The fraction of sp³-hybridized carbons (Fsp3) is 0.467. The van der Waals surface area contributed by atoms with E-state index in [4.69, 9.17) is 10.5 Å². The monoisotopic (exact) mass is 309 g/mol. The second-order valence-electron chi connectivity index (χ2n) is 4.75. The standard InChI is InChI=1S/C14H20N2OS.CH3NO/c1-4-8-6-7-10-11(13(15)17)14(16-3)18-12(10)9(8)5-2;2-1-3/h5,8,16H,4,6-7H2,1-3H3,(H2,15,17);1H,(H2,2,3)/b9-5+;. The Bertz CT molecular complexity index is 549. The fourth-order valence-electron chi connectivity index (χ4n) is 2.82. The molecule has 1 aromatic rings. The minimum atomic E-state index is -0.317. The van der Waals surface area contributed by atoms with Crippen LogP contribution in [0.3, 0.4) is 0 Å². The minimum absolute atomic E-state index is 0.250. The van der Waals surface area contributed by atoms with Gasteiger partial charge in [0.25, 0.3) is 5.91 Å². The van der Waals surface area contributed by atoms with Gasteiger partial charge in [0.05, 0.1) is 5.56 Å². The lowest BCUT2D eigenvalue weighted by atomic mass is 9.81. The van der Waals surface area contributed by atoms with Gasteiger partial charge in [0, 0.05) is 11.9 Å². The van der Waals surface area contributed by atoms with Crippen LogP contribution in [0.15, 0.2) is 6.08 Å². The summed E-state index contributed by atoms with van der Waals surface area (Å²) in [6.07, 6.45) is 5.66. The highest BCUT2D eigenvalue weighted by Crippen LogP contribution is 2.45. The molecule has 1 aliphatic rings. The number of nitrogens with two attached hydrogens (primary N) is 2. The smallest absolute Gasteiger partial charge is 0.251 e. The average molecular weight is 309 g/mol. The highest BCUT2D eigenvalue weighted by molar-refractivity contribution is 7.17. The van der Waals surface area contributed by atoms with Crippen molar-refractivity contribution >= 4 is 34.2 Å². The van der Waals surface area contributed by atoms with E-state index in [2.05, 4.69) is 31.0 Å². The molecule has 21 heavy (non-hydrogen) atoms. The maximum Gasteiger partial charge on any atom is 0.251 e. The fourth-order valence-corrected chi connectivity index (χ4v) is 4.19. The maximum absolute atomic E-state index is 11.6. The van der Waals surface area contributed by atoms with Crippen molar-refractivity contribution < 1.29 is 9.59 Å². The van der Waals surface area contributed by atoms with E-state index in [0.29, 0.717) is 11.5 Å². The van der Waals surface area contributed by atoms with Crippen LogP contribution in [0.5, 0.6) is 0 Å². The third kappa shape index (κ3) is 3.44. The summed E-state index contributed by atoms with van der Waals surface area (Å²) in [7, 11) is 1.84. The number of amides is 2. The van der Waals surface area contributed by atoms with E-state index >= 15 is 0 Å². The molecule has 0 spiro atoms. The molecule has 0 saturated carbocycles. The molecule has 0 aromatic carbocycles. The molecule has 2 rings (SSSR count). The van der Waals surface area contributed by atoms with Gasteiger partial charge in [-0.1, -0.05) is 13.0 Å². The van der Waals surface area contributed by atoms with Gasteiger partial charge in [-0.05, 0) is 43.2 Å². The first kappa shape index (κ1) is 17.2. The number of anilines is 1. The van der Waals surface area contributed by atoms with Crippen LogP contribution < -0.4 is 16.8 Å². The number of hydrogen-bond acceptors (Lipinski definition) is 4. The Balaban J connectivity index is 0.000000677. The zero-order chi connectivity index (χ0) is 16.0. The number of thiophene rings is 1. The van der Waals surface area contributed by atoms with E-state index in [-0.39, 0.29) is 12.3 Å². The number of allylic oxidation sites excluding steroid dienone is 2. The van der Waals surface area contributed by atoms with Gasteiger partial charge in [0.2, 0.25) is 6.41 Å². The summed E-state index contributed by atoms with van der Waals surface area (Å²) in [4.78, 5) is 21.5. The van der Waals surface area contributed by atoms with Gasteiger partial charge in [-0.3, -0.25) is 9.59 Å². The molecule has 1 atom stereocenters. The highest BCUT2D eigenvalue weighted by Gasteiger charge is 2.29. The number of rotatable bonds is 3. The van der Waals surface area contributed by atoms with Crippen molar-refractivity contribution in [2.45, 2.75) is 33.1 Å². The summed E-state index contributed by atoms with van der Waals surface area (Å²) in [6.45, 7) is 4.30. The lowest BCUT2D eigenvalue weighted by Gasteiger charge is -2.24. The SMILES string of the molecule is C/C=C1/c2sc(NC)c(C(N)=O)c2CCC1CC.NC=O. The Hall–Kier alpha value is -1.82. The van der Waals surface area contributed by atoms with Crippen molar-refractivity contribution in [2.24, 2.45) is 17.4 Å². The van der Waals surface area contributed by atoms with Crippen LogP contribution in [0, 0.1) is 5.92 Å². The molecule has 0 fully saturated rings. The summed E-state index contributed by atoms with van der Waals surface area (Å²) in [5.41, 5.74) is 12.9.